The van der Waals surface area contributed by atoms with Gasteiger partial charge in [-0.05, 0) is 33.2 Å². The van der Waals surface area contributed by atoms with Gasteiger partial charge in [0, 0.05) is 13.7 Å². The number of methoxy groups -OCH3 is 2. The number of esters is 1. The van der Waals surface area contributed by atoms with Crippen molar-refractivity contribution in [1.82, 2.24) is 5.32 Å². The molecular formula is C10H21NO3. The maximum absolute atomic E-state index is 11.4. The maximum Gasteiger partial charge on any atom is 0.325 e. The lowest BCUT2D eigenvalue weighted by Crippen LogP contribution is -2.48. The van der Waals surface area contributed by atoms with Crippen molar-refractivity contribution in [3.63, 3.8) is 0 Å². The van der Waals surface area contributed by atoms with E-state index in [1.165, 1.54) is 7.11 Å². The van der Waals surface area contributed by atoms with E-state index in [1.54, 1.807) is 14.2 Å². The number of ether oxygens (including phenoxy) is 2. The summed E-state index contributed by atoms with van der Waals surface area (Å²) in [5.74, 6) is -0.211. The van der Waals surface area contributed by atoms with Gasteiger partial charge in [0.25, 0.3) is 0 Å². The van der Waals surface area contributed by atoms with Gasteiger partial charge in [0.2, 0.25) is 0 Å². The summed E-state index contributed by atoms with van der Waals surface area (Å²) in [7, 11) is 4.86. The molecule has 4 nitrogen and oxygen atoms in total. The van der Waals surface area contributed by atoms with Gasteiger partial charge in [0.1, 0.15) is 5.54 Å². The van der Waals surface area contributed by atoms with Crippen molar-refractivity contribution in [2.24, 2.45) is 0 Å². The van der Waals surface area contributed by atoms with E-state index in [4.69, 9.17) is 9.47 Å². The molecule has 1 unspecified atom stereocenters. The summed E-state index contributed by atoms with van der Waals surface area (Å²) in [5, 5.41) is 2.99. The number of nitrogens with one attached hydrogen (secondary N) is 1. The maximum atomic E-state index is 11.4. The summed E-state index contributed by atoms with van der Waals surface area (Å²) in [6, 6.07) is 0. The number of carbonyl (C=O) groups is 1. The van der Waals surface area contributed by atoms with Crippen molar-refractivity contribution in [2.75, 3.05) is 27.9 Å². The second-order valence-corrected chi connectivity index (χ2v) is 3.52. The first kappa shape index (κ1) is 13.4. The van der Waals surface area contributed by atoms with E-state index in [0.717, 1.165) is 25.9 Å². The molecule has 0 aromatic carbocycles. The molecule has 4 heteroatoms. The highest BCUT2D eigenvalue weighted by Gasteiger charge is 2.31. The van der Waals surface area contributed by atoms with Crippen LogP contribution in [0.1, 0.15) is 26.2 Å². The largest absolute Gasteiger partial charge is 0.468 e. The average Bonchev–Trinajstić information content (AvgIpc) is 2.22. The Labute approximate surface area is 86.0 Å². The first-order chi connectivity index (χ1) is 6.60. The predicted molar refractivity (Wildman–Crippen MR) is 55.2 cm³/mol. The van der Waals surface area contributed by atoms with Crippen LogP contribution in [0.4, 0.5) is 0 Å². The molecule has 1 atom stereocenters. The predicted octanol–water partition coefficient (Wildman–Crippen LogP) is 0.954. The molecule has 0 aromatic rings. The third kappa shape index (κ3) is 4.07. The van der Waals surface area contributed by atoms with E-state index in [0.29, 0.717) is 0 Å². The van der Waals surface area contributed by atoms with Crippen LogP contribution in [0, 0.1) is 0 Å². The molecule has 0 aromatic heterocycles. The molecule has 0 saturated carbocycles. The van der Waals surface area contributed by atoms with E-state index in [1.807, 2.05) is 6.92 Å². The molecule has 0 rings (SSSR count). The number of unbranched alkanes of at least 4 members (excludes halogenated alkanes) is 1. The van der Waals surface area contributed by atoms with Crippen molar-refractivity contribution in [3.05, 3.63) is 0 Å². The molecule has 0 fully saturated rings. The van der Waals surface area contributed by atoms with Crippen LogP contribution in [0.15, 0.2) is 0 Å². The lowest BCUT2D eigenvalue weighted by atomic mass is 9.95. The lowest BCUT2D eigenvalue weighted by Gasteiger charge is -2.25. The highest BCUT2D eigenvalue weighted by atomic mass is 16.5. The highest BCUT2D eigenvalue weighted by molar-refractivity contribution is 5.80. The summed E-state index contributed by atoms with van der Waals surface area (Å²) in [6.45, 7) is 2.59. The van der Waals surface area contributed by atoms with Crippen molar-refractivity contribution in [2.45, 2.75) is 31.7 Å². The number of rotatable bonds is 7. The molecule has 1 N–H and O–H groups in total. The zero-order valence-electron chi connectivity index (χ0n) is 9.55. The minimum atomic E-state index is -0.567. The van der Waals surface area contributed by atoms with Gasteiger partial charge in [-0.2, -0.15) is 0 Å². The zero-order chi connectivity index (χ0) is 11.0. The van der Waals surface area contributed by atoms with Crippen LogP contribution in [0.2, 0.25) is 0 Å². The number of likely N-dealkylation sites (N-methyl/N-ethyl adjacent to an activating group) is 1. The first-order valence-corrected chi connectivity index (χ1v) is 4.87. The van der Waals surface area contributed by atoms with E-state index in [2.05, 4.69) is 5.32 Å². The van der Waals surface area contributed by atoms with E-state index in [9.17, 15) is 4.79 Å². The van der Waals surface area contributed by atoms with Crippen molar-refractivity contribution >= 4 is 5.97 Å². The summed E-state index contributed by atoms with van der Waals surface area (Å²) < 4.78 is 9.67. The second kappa shape index (κ2) is 6.79. The van der Waals surface area contributed by atoms with Crippen LogP contribution in [0.3, 0.4) is 0 Å². The van der Waals surface area contributed by atoms with Gasteiger partial charge < -0.3 is 14.8 Å². The van der Waals surface area contributed by atoms with Gasteiger partial charge in [0.15, 0.2) is 0 Å². The fraction of sp³-hybridized carbons (Fsp3) is 0.900. The van der Waals surface area contributed by atoms with Crippen molar-refractivity contribution in [1.29, 1.82) is 0 Å². The third-order valence-corrected chi connectivity index (χ3v) is 2.46. The van der Waals surface area contributed by atoms with Gasteiger partial charge in [-0.25, -0.2) is 0 Å². The van der Waals surface area contributed by atoms with Crippen LogP contribution in [-0.4, -0.2) is 39.4 Å². The quantitative estimate of drug-likeness (QED) is 0.494. The highest BCUT2D eigenvalue weighted by Crippen LogP contribution is 2.14. The van der Waals surface area contributed by atoms with Crippen LogP contribution in [0.25, 0.3) is 0 Å². The summed E-state index contributed by atoms with van der Waals surface area (Å²) in [4.78, 5) is 11.4. The van der Waals surface area contributed by atoms with Crippen LogP contribution in [0.5, 0.6) is 0 Å². The Kier molecular flexibility index (Phi) is 6.49. The monoisotopic (exact) mass is 203 g/mol. The Morgan fingerprint density at radius 3 is 2.43 bits per heavy atom. The number of hydrogen-bond acceptors (Lipinski definition) is 4. The number of hydrogen-bond donors (Lipinski definition) is 1. The molecule has 14 heavy (non-hydrogen) atoms. The molecule has 0 saturated heterocycles. The van der Waals surface area contributed by atoms with E-state index in [-0.39, 0.29) is 5.97 Å². The molecule has 0 aliphatic carbocycles. The molecule has 0 radical (unpaired) electrons. The molecular weight excluding hydrogens is 182 g/mol. The van der Waals surface area contributed by atoms with E-state index < -0.39 is 5.54 Å². The summed E-state index contributed by atoms with van der Waals surface area (Å²) in [6.07, 6.45) is 2.67. The fourth-order valence-corrected chi connectivity index (χ4v) is 1.28. The zero-order valence-corrected chi connectivity index (χ0v) is 9.55. The Morgan fingerprint density at radius 2 is 2.00 bits per heavy atom. The Balaban J connectivity index is 3.93. The summed E-state index contributed by atoms with van der Waals surface area (Å²) in [5.41, 5.74) is -0.567. The van der Waals surface area contributed by atoms with Crippen molar-refractivity contribution < 1.29 is 14.3 Å². The normalized spacial score (nSPS) is 14.9. The molecule has 0 heterocycles. The van der Waals surface area contributed by atoms with Gasteiger partial charge in [-0.15, -0.1) is 0 Å². The molecule has 0 spiro atoms. The Bertz CT molecular complexity index is 173. The SMILES string of the molecule is CNC(C)(CCCCOC)C(=O)OC. The Morgan fingerprint density at radius 1 is 1.36 bits per heavy atom. The minimum absolute atomic E-state index is 0.211. The average molecular weight is 203 g/mol. The van der Waals surface area contributed by atoms with Gasteiger partial charge in [-0.3, -0.25) is 4.79 Å². The summed E-state index contributed by atoms with van der Waals surface area (Å²) >= 11 is 0. The smallest absolute Gasteiger partial charge is 0.325 e. The molecule has 0 amide bonds. The van der Waals surface area contributed by atoms with Crippen LogP contribution >= 0.6 is 0 Å². The Hall–Kier alpha value is -0.610. The van der Waals surface area contributed by atoms with Crippen LogP contribution < -0.4 is 5.32 Å². The first-order valence-electron chi connectivity index (χ1n) is 4.87. The van der Waals surface area contributed by atoms with Gasteiger partial charge in [-0.1, -0.05) is 0 Å². The molecule has 84 valence electrons. The fourth-order valence-electron chi connectivity index (χ4n) is 1.28. The van der Waals surface area contributed by atoms with Gasteiger partial charge in [0.05, 0.1) is 7.11 Å². The standard InChI is InChI=1S/C10H21NO3/c1-10(11-2,9(12)14-4)7-5-6-8-13-3/h11H,5-8H2,1-4H3. The lowest BCUT2D eigenvalue weighted by molar-refractivity contribution is -0.148. The topological polar surface area (TPSA) is 47.6 Å². The second-order valence-electron chi connectivity index (χ2n) is 3.52. The van der Waals surface area contributed by atoms with Crippen molar-refractivity contribution in [3.8, 4) is 0 Å². The minimum Gasteiger partial charge on any atom is -0.468 e. The van der Waals surface area contributed by atoms with Gasteiger partial charge >= 0.3 is 5.97 Å². The molecule has 0 bridgehead atoms. The number of carbonyl (C=O) groups excluding carboxylic acids is 1. The van der Waals surface area contributed by atoms with E-state index >= 15 is 0 Å². The molecule has 0 aliphatic heterocycles. The third-order valence-electron chi connectivity index (χ3n) is 2.46. The molecule has 0 aliphatic rings. The van der Waals surface area contributed by atoms with Crippen LogP contribution in [-0.2, 0) is 14.3 Å².